The number of hydrogen-bond acceptors (Lipinski definition) is 5. The first kappa shape index (κ1) is 16.2. The number of nitrogens with zero attached hydrogens (tertiary/aromatic N) is 1. The van der Waals surface area contributed by atoms with E-state index in [-0.39, 0.29) is 17.6 Å². The highest BCUT2D eigenvalue weighted by molar-refractivity contribution is 7.13. The highest BCUT2D eigenvalue weighted by Gasteiger charge is 2.30. The van der Waals surface area contributed by atoms with Gasteiger partial charge in [0, 0.05) is 24.6 Å². The van der Waals surface area contributed by atoms with Crippen LogP contribution in [-0.2, 0) is 4.74 Å². The topological polar surface area (TPSA) is 63.2 Å². The third kappa shape index (κ3) is 4.97. The minimum Gasteiger partial charge on any atom is -0.375 e. The number of amides is 1. The molecule has 6 heteroatoms. The number of rotatable bonds is 5. The molecule has 1 saturated heterocycles. The van der Waals surface area contributed by atoms with Crippen molar-refractivity contribution in [2.24, 2.45) is 5.92 Å². The van der Waals surface area contributed by atoms with E-state index in [0.717, 1.165) is 24.5 Å². The summed E-state index contributed by atoms with van der Waals surface area (Å²) in [5.41, 5.74) is 0.331. The van der Waals surface area contributed by atoms with Crippen molar-refractivity contribution in [3.63, 3.8) is 0 Å². The maximum Gasteiger partial charge on any atom is 0.271 e. The minimum atomic E-state index is -0.164. The molecule has 21 heavy (non-hydrogen) atoms. The van der Waals surface area contributed by atoms with Crippen LogP contribution in [0.2, 0.25) is 0 Å². The highest BCUT2D eigenvalue weighted by Crippen LogP contribution is 2.24. The molecule has 0 aromatic carbocycles. The van der Waals surface area contributed by atoms with Gasteiger partial charge < -0.3 is 15.4 Å². The molecule has 1 aliphatic heterocycles. The maximum atomic E-state index is 12.2. The van der Waals surface area contributed by atoms with Crippen LogP contribution in [-0.4, -0.2) is 35.7 Å². The van der Waals surface area contributed by atoms with Gasteiger partial charge >= 0.3 is 0 Å². The van der Waals surface area contributed by atoms with Gasteiger partial charge in [-0.2, -0.15) is 0 Å². The molecular formula is C15H25N3O2S. The lowest BCUT2D eigenvalue weighted by molar-refractivity contribution is -0.0615. The molecule has 0 aliphatic carbocycles. The van der Waals surface area contributed by atoms with Crippen molar-refractivity contribution >= 4 is 22.4 Å². The Balaban J connectivity index is 1.88. The predicted molar refractivity (Wildman–Crippen MR) is 86.0 cm³/mol. The van der Waals surface area contributed by atoms with Crippen molar-refractivity contribution in [2.45, 2.75) is 52.2 Å². The fraction of sp³-hybridized carbons (Fsp3) is 0.733. The number of ether oxygens (including phenoxy) is 1. The molecule has 0 spiro atoms. The van der Waals surface area contributed by atoms with Gasteiger partial charge in [-0.05, 0) is 32.6 Å². The van der Waals surface area contributed by atoms with Crippen LogP contribution in [0.3, 0.4) is 0 Å². The van der Waals surface area contributed by atoms with Crippen molar-refractivity contribution in [2.75, 3.05) is 18.5 Å². The number of anilines is 1. The van der Waals surface area contributed by atoms with E-state index in [9.17, 15) is 4.79 Å². The number of carbonyl (C=O) groups is 1. The molecule has 2 rings (SSSR count). The van der Waals surface area contributed by atoms with E-state index in [0.29, 0.717) is 18.2 Å². The lowest BCUT2D eigenvalue weighted by atomic mass is 9.94. The molecule has 5 nitrogen and oxygen atoms in total. The van der Waals surface area contributed by atoms with E-state index in [2.05, 4.69) is 43.3 Å². The van der Waals surface area contributed by atoms with E-state index in [1.807, 2.05) is 5.38 Å². The van der Waals surface area contributed by atoms with E-state index in [1.54, 1.807) is 0 Å². The third-order valence-electron chi connectivity index (χ3n) is 3.43. The molecule has 0 bridgehead atoms. The normalized spacial score (nSPS) is 21.3. The summed E-state index contributed by atoms with van der Waals surface area (Å²) in [5, 5.41) is 8.92. The van der Waals surface area contributed by atoms with Gasteiger partial charge in [0.05, 0.1) is 5.60 Å². The molecule has 1 aromatic heterocycles. The Morgan fingerprint density at radius 1 is 1.57 bits per heavy atom. The number of carbonyl (C=O) groups excluding carboxylic acids is 1. The number of aromatic nitrogens is 1. The number of nitrogens with one attached hydrogen (secondary N) is 2. The molecule has 0 radical (unpaired) electrons. The fourth-order valence-corrected chi connectivity index (χ4v) is 3.07. The number of hydrogen-bond donors (Lipinski definition) is 2. The predicted octanol–water partition coefficient (Wildman–Crippen LogP) is 2.90. The Morgan fingerprint density at radius 2 is 2.33 bits per heavy atom. The fourth-order valence-electron chi connectivity index (χ4n) is 2.37. The molecule has 1 fully saturated rings. The smallest absolute Gasteiger partial charge is 0.271 e. The van der Waals surface area contributed by atoms with Gasteiger partial charge in [-0.1, -0.05) is 13.8 Å². The van der Waals surface area contributed by atoms with E-state index >= 15 is 0 Å². The Morgan fingerprint density at radius 3 is 3.00 bits per heavy atom. The summed E-state index contributed by atoms with van der Waals surface area (Å²) in [4.78, 5) is 16.6. The van der Waals surface area contributed by atoms with Gasteiger partial charge in [0.25, 0.3) is 5.91 Å². The van der Waals surface area contributed by atoms with E-state index in [1.165, 1.54) is 11.3 Å². The van der Waals surface area contributed by atoms with Gasteiger partial charge in [0.1, 0.15) is 5.69 Å². The first-order valence-electron chi connectivity index (χ1n) is 7.50. The van der Waals surface area contributed by atoms with Gasteiger partial charge in [-0.3, -0.25) is 4.79 Å². The maximum absolute atomic E-state index is 12.2. The molecule has 0 unspecified atom stereocenters. The molecule has 1 aromatic rings. The number of thiazole rings is 1. The first-order valence-corrected chi connectivity index (χ1v) is 8.38. The zero-order valence-corrected chi connectivity index (χ0v) is 14.0. The zero-order valence-electron chi connectivity index (χ0n) is 13.2. The van der Waals surface area contributed by atoms with Crippen molar-refractivity contribution in [3.05, 3.63) is 11.1 Å². The average Bonchev–Trinajstić information content (AvgIpc) is 2.84. The molecule has 1 amide bonds. The molecule has 2 heterocycles. The molecule has 0 saturated carbocycles. The Hall–Kier alpha value is -1.14. The molecule has 1 atom stereocenters. The van der Waals surface area contributed by atoms with Crippen molar-refractivity contribution in [1.82, 2.24) is 10.3 Å². The summed E-state index contributed by atoms with van der Waals surface area (Å²) in [6.45, 7) is 9.95. The summed E-state index contributed by atoms with van der Waals surface area (Å²) < 4.78 is 5.67. The monoisotopic (exact) mass is 311 g/mol. The average molecular weight is 311 g/mol. The van der Waals surface area contributed by atoms with Gasteiger partial charge in [0.2, 0.25) is 0 Å². The SMILES string of the molecule is CC(C)CNc1nc(C(=O)N[C@H]2CCOC(C)(C)C2)cs1. The lowest BCUT2D eigenvalue weighted by Crippen LogP contribution is -2.45. The minimum absolute atomic E-state index is 0.0912. The first-order chi connectivity index (χ1) is 9.85. The molecule has 118 valence electrons. The van der Waals surface area contributed by atoms with Crippen LogP contribution >= 0.6 is 11.3 Å². The second-order valence-electron chi connectivity index (χ2n) is 6.58. The lowest BCUT2D eigenvalue weighted by Gasteiger charge is -2.35. The van der Waals surface area contributed by atoms with Crippen molar-refractivity contribution in [3.8, 4) is 0 Å². The van der Waals surface area contributed by atoms with Crippen LogP contribution in [0.1, 0.15) is 51.0 Å². The van der Waals surface area contributed by atoms with Gasteiger partial charge in [0.15, 0.2) is 5.13 Å². The van der Waals surface area contributed by atoms with Gasteiger partial charge in [-0.25, -0.2) is 4.98 Å². The quantitative estimate of drug-likeness (QED) is 0.877. The standard InChI is InChI=1S/C15H25N3O2S/c1-10(2)8-16-14-18-12(9-21-14)13(19)17-11-5-6-20-15(3,4)7-11/h9-11H,5-8H2,1-4H3,(H,16,18)(H,17,19)/t11-/m0/s1. The van der Waals surface area contributed by atoms with E-state index in [4.69, 9.17) is 4.74 Å². The van der Waals surface area contributed by atoms with Crippen LogP contribution in [0.15, 0.2) is 5.38 Å². The highest BCUT2D eigenvalue weighted by atomic mass is 32.1. The second kappa shape index (κ2) is 6.75. The van der Waals surface area contributed by atoms with Crippen molar-refractivity contribution < 1.29 is 9.53 Å². The Kier molecular flexibility index (Phi) is 5.22. The second-order valence-corrected chi connectivity index (χ2v) is 7.44. The largest absolute Gasteiger partial charge is 0.375 e. The van der Waals surface area contributed by atoms with Gasteiger partial charge in [-0.15, -0.1) is 11.3 Å². The van der Waals surface area contributed by atoms with Crippen LogP contribution in [0.25, 0.3) is 0 Å². The summed E-state index contributed by atoms with van der Waals surface area (Å²) >= 11 is 1.47. The van der Waals surface area contributed by atoms with Crippen LogP contribution in [0.5, 0.6) is 0 Å². The molecule has 1 aliphatic rings. The molecular weight excluding hydrogens is 286 g/mol. The van der Waals surface area contributed by atoms with Crippen LogP contribution in [0, 0.1) is 5.92 Å². The summed E-state index contributed by atoms with van der Waals surface area (Å²) in [6, 6.07) is 0.162. The van der Waals surface area contributed by atoms with Crippen LogP contribution in [0.4, 0.5) is 5.13 Å². The van der Waals surface area contributed by atoms with E-state index < -0.39 is 0 Å². The Bertz CT molecular complexity index is 485. The summed E-state index contributed by atoms with van der Waals surface area (Å²) in [6.07, 6.45) is 1.69. The zero-order chi connectivity index (χ0) is 15.5. The summed E-state index contributed by atoms with van der Waals surface area (Å²) in [5.74, 6) is 0.460. The summed E-state index contributed by atoms with van der Waals surface area (Å²) in [7, 11) is 0. The third-order valence-corrected chi connectivity index (χ3v) is 4.23. The van der Waals surface area contributed by atoms with Crippen molar-refractivity contribution in [1.29, 1.82) is 0 Å². The van der Waals surface area contributed by atoms with Crippen LogP contribution < -0.4 is 10.6 Å². The Labute approximate surface area is 130 Å². The molecule has 2 N–H and O–H groups in total.